The van der Waals surface area contributed by atoms with Crippen molar-refractivity contribution < 1.29 is 17.9 Å². The number of halogens is 3. The molecule has 6 heteroatoms. The molecular formula is C13H13F3N2O. The topological polar surface area (TPSA) is 48.1 Å². The molecule has 0 saturated heterocycles. The third kappa shape index (κ3) is 2.89. The number of nitrogen functional groups attached to an aromatic ring is 1. The Kier molecular flexibility index (Phi) is 3.50. The Hall–Kier alpha value is -1.98. The standard InChI is InChI=1S/C13H13F3N2O/c1-2-5-19-8-3-4-11-9(6-8)10(17)7-12(18-11)13(14,15)16/h3-4,6-7H,2,5H2,1H3,(H2,17,18). The second kappa shape index (κ2) is 4.95. The number of benzene rings is 1. The highest BCUT2D eigenvalue weighted by atomic mass is 19.4. The van der Waals surface area contributed by atoms with Crippen LogP contribution in [0.3, 0.4) is 0 Å². The van der Waals surface area contributed by atoms with Crippen molar-refractivity contribution in [2.24, 2.45) is 0 Å². The van der Waals surface area contributed by atoms with Crippen molar-refractivity contribution in [1.82, 2.24) is 4.98 Å². The molecule has 2 aromatic rings. The van der Waals surface area contributed by atoms with Gasteiger partial charge in [-0.15, -0.1) is 0 Å². The fourth-order valence-electron chi connectivity index (χ4n) is 1.69. The third-order valence-electron chi connectivity index (χ3n) is 2.58. The minimum atomic E-state index is -4.50. The number of nitrogens with zero attached hydrogens (tertiary/aromatic N) is 1. The molecule has 0 atom stereocenters. The number of nitrogens with two attached hydrogens (primary N) is 1. The Morgan fingerprint density at radius 2 is 2.00 bits per heavy atom. The maximum atomic E-state index is 12.6. The van der Waals surface area contributed by atoms with E-state index in [9.17, 15) is 13.2 Å². The molecule has 0 bridgehead atoms. The van der Waals surface area contributed by atoms with E-state index in [1.807, 2.05) is 6.92 Å². The Bertz CT molecular complexity index is 596. The predicted molar refractivity (Wildman–Crippen MR) is 66.9 cm³/mol. The lowest BCUT2D eigenvalue weighted by atomic mass is 10.1. The van der Waals surface area contributed by atoms with Crippen LogP contribution in [0.25, 0.3) is 10.9 Å². The molecule has 2 N–H and O–H groups in total. The van der Waals surface area contributed by atoms with Crippen molar-refractivity contribution in [3.63, 3.8) is 0 Å². The zero-order valence-corrected chi connectivity index (χ0v) is 10.3. The number of rotatable bonds is 3. The second-order valence-corrected chi connectivity index (χ2v) is 4.12. The van der Waals surface area contributed by atoms with E-state index in [0.29, 0.717) is 17.7 Å². The summed E-state index contributed by atoms with van der Waals surface area (Å²) >= 11 is 0. The van der Waals surface area contributed by atoms with Gasteiger partial charge in [0.25, 0.3) is 0 Å². The molecule has 0 radical (unpaired) electrons. The van der Waals surface area contributed by atoms with Crippen LogP contribution < -0.4 is 10.5 Å². The van der Waals surface area contributed by atoms with E-state index in [-0.39, 0.29) is 11.2 Å². The first-order valence-corrected chi connectivity index (χ1v) is 5.82. The van der Waals surface area contributed by atoms with Gasteiger partial charge in [0, 0.05) is 11.1 Å². The Balaban J connectivity index is 2.48. The summed E-state index contributed by atoms with van der Waals surface area (Å²) in [4.78, 5) is 3.57. The van der Waals surface area contributed by atoms with Crippen molar-refractivity contribution >= 4 is 16.6 Å². The minimum absolute atomic E-state index is 0.0410. The van der Waals surface area contributed by atoms with Gasteiger partial charge in [-0.2, -0.15) is 13.2 Å². The Morgan fingerprint density at radius 1 is 1.26 bits per heavy atom. The summed E-state index contributed by atoms with van der Waals surface area (Å²) in [5.41, 5.74) is 4.92. The first-order valence-electron chi connectivity index (χ1n) is 5.82. The van der Waals surface area contributed by atoms with Gasteiger partial charge in [0.05, 0.1) is 12.1 Å². The van der Waals surface area contributed by atoms with E-state index < -0.39 is 11.9 Å². The van der Waals surface area contributed by atoms with Crippen LogP contribution in [0, 0.1) is 0 Å². The summed E-state index contributed by atoms with van der Waals surface area (Å²) in [7, 11) is 0. The molecule has 1 heterocycles. The van der Waals surface area contributed by atoms with Crippen LogP contribution >= 0.6 is 0 Å². The van der Waals surface area contributed by atoms with E-state index in [4.69, 9.17) is 10.5 Å². The van der Waals surface area contributed by atoms with Crippen LogP contribution in [0.4, 0.5) is 18.9 Å². The molecule has 0 saturated carbocycles. The maximum absolute atomic E-state index is 12.6. The van der Waals surface area contributed by atoms with Gasteiger partial charge in [-0.1, -0.05) is 6.92 Å². The molecule has 0 amide bonds. The van der Waals surface area contributed by atoms with Gasteiger partial charge in [-0.05, 0) is 30.7 Å². The van der Waals surface area contributed by atoms with Gasteiger partial charge in [0.1, 0.15) is 11.4 Å². The molecule has 0 aliphatic carbocycles. The average molecular weight is 270 g/mol. The van der Waals surface area contributed by atoms with Crippen LogP contribution in [-0.2, 0) is 6.18 Å². The van der Waals surface area contributed by atoms with Crippen LogP contribution in [0.1, 0.15) is 19.0 Å². The summed E-state index contributed by atoms with van der Waals surface area (Å²) in [6.45, 7) is 2.51. The summed E-state index contributed by atoms with van der Waals surface area (Å²) in [5.74, 6) is 0.572. The Labute approximate surface area is 108 Å². The number of aromatic nitrogens is 1. The normalized spacial score (nSPS) is 11.8. The van der Waals surface area contributed by atoms with E-state index >= 15 is 0 Å². The number of hydrogen-bond donors (Lipinski definition) is 1. The fraction of sp³-hybridized carbons (Fsp3) is 0.308. The van der Waals surface area contributed by atoms with Gasteiger partial charge >= 0.3 is 6.18 Å². The van der Waals surface area contributed by atoms with E-state index in [1.54, 1.807) is 12.1 Å². The molecule has 3 nitrogen and oxygen atoms in total. The first-order chi connectivity index (χ1) is 8.91. The highest BCUT2D eigenvalue weighted by Gasteiger charge is 2.33. The largest absolute Gasteiger partial charge is 0.494 e. The first kappa shape index (κ1) is 13.5. The van der Waals surface area contributed by atoms with Gasteiger partial charge in [0.2, 0.25) is 0 Å². The van der Waals surface area contributed by atoms with Gasteiger partial charge in [-0.25, -0.2) is 4.98 Å². The summed E-state index contributed by atoms with van der Waals surface area (Å²) in [6.07, 6.45) is -3.65. The molecule has 0 spiro atoms. The Morgan fingerprint density at radius 3 is 2.63 bits per heavy atom. The summed E-state index contributed by atoms with van der Waals surface area (Å²) < 4.78 is 43.2. The zero-order chi connectivity index (χ0) is 14.0. The number of hydrogen-bond acceptors (Lipinski definition) is 3. The van der Waals surface area contributed by atoms with Crippen molar-refractivity contribution in [3.05, 3.63) is 30.0 Å². The fourth-order valence-corrected chi connectivity index (χ4v) is 1.69. The molecule has 0 aliphatic rings. The van der Waals surface area contributed by atoms with Crippen LogP contribution in [0.2, 0.25) is 0 Å². The second-order valence-electron chi connectivity index (χ2n) is 4.12. The molecule has 1 aromatic carbocycles. The summed E-state index contributed by atoms with van der Waals surface area (Å²) in [6, 6.07) is 5.51. The lowest BCUT2D eigenvalue weighted by Crippen LogP contribution is -2.09. The van der Waals surface area contributed by atoms with Crippen LogP contribution in [0.5, 0.6) is 5.75 Å². The molecule has 0 unspecified atom stereocenters. The zero-order valence-electron chi connectivity index (χ0n) is 10.3. The van der Waals surface area contributed by atoms with Crippen molar-refractivity contribution in [3.8, 4) is 5.75 Å². The number of ether oxygens (including phenoxy) is 1. The predicted octanol–water partition coefficient (Wildman–Crippen LogP) is 3.62. The molecule has 0 fully saturated rings. The molecule has 2 rings (SSSR count). The number of pyridine rings is 1. The highest BCUT2D eigenvalue weighted by molar-refractivity contribution is 5.91. The molecular weight excluding hydrogens is 257 g/mol. The molecule has 0 aliphatic heterocycles. The molecule has 102 valence electrons. The SMILES string of the molecule is CCCOc1ccc2nc(C(F)(F)F)cc(N)c2c1. The minimum Gasteiger partial charge on any atom is -0.494 e. The van der Waals surface area contributed by atoms with E-state index in [1.165, 1.54) is 6.07 Å². The summed E-state index contributed by atoms with van der Waals surface area (Å²) in [5, 5.41) is 0.460. The monoisotopic (exact) mass is 270 g/mol. The number of anilines is 1. The van der Waals surface area contributed by atoms with Crippen molar-refractivity contribution in [2.75, 3.05) is 12.3 Å². The van der Waals surface area contributed by atoms with Gasteiger partial charge in [-0.3, -0.25) is 0 Å². The smallest absolute Gasteiger partial charge is 0.433 e. The highest BCUT2D eigenvalue weighted by Crippen LogP contribution is 2.33. The van der Waals surface area contributed by atoms with Crippen LogP contribution in [-0.4, -0.2) is 11.6 Å². The average Bonchev–Trinajstić information content (AvgIpc) is 2.35. The molecule has 19 heavy (non-hydrogen) atoms. The van der Waals surface area contributed by atoms with Gasteiger partial charge in [0.15, 0.2) is 0 Å². The van der Waals surface area contributed by atoms with E-state index in [2.05, 4.69) is 4.98 Å². The number of alkyl halides is 3. The van der Waals surface area contributed by atoms with E-state index in [0.717, 1.165) is 12.5 Å². The number of fused-ring (bicyclic) bond motifs is 1. The van der Waals surface area contributed by atoms with Gasteiger partial charge < -0.3 is 10.5 Å². The lowest BCUT2D eigenvalue weighted by Gasteiger charge is -2.10. The van der Waals surface area contributed by atoms with Crippen molar-refractivity contribution in [2.45, 2.75) is 19.5 Å². The lowest BCUT2D eigenvalue weighted by molar-refractivity contribution is -0.140. The quantitative estimate of drug-likeness (QED) is 0.926. The van der Waals surface area contributed by atoms with Crippen molar-refractivity contribution in [1.29, 1.82) is 0 Å². The third-order valence-corrected chi connectivity index (χ3v) is 2.58. The maximum Gasteiger partial charge on any atom is 0.433 e. The molecule has 1 aromatic heterocycles. The van der Waals surface area contributed by atoms with Crippen LogP contribution in [0.15, 0.2) is 24.3 Å².